The molecule has 0 bridgehead atoms. The third-order valence-electron chi connectivity index (χ3n) is 1.76. The Labute approximate surface area is 81.6 Å². The predicted octanol–water partition coefficient (Wildman–Crippen LogP) is 1.21. The summed E-state index contributed by atoms with van der Waals surface area (Å²) in [5, 5.41) is 2.77. The van der Waals surface area contributed by atoms with Gasteiger partial charge in [-0.2, -0.15) is 0 Å². The van der Waals surface area contributed by atoms with Crippen molar-refractivity contribution in [3.8, 4) is 0 Å². The van der Waals surface area contributed by atoms with E-state index in [2.05, 4.69) is 15.3 Å². The molecule has 0 radical (unpaired) electrons. The van der Waals surface area contributed by atoms with E-state index in [1.807, 2.05) is 0 Å². The first kappa shape index (κ1) is 10.6. The quantitative estimate of drug-likeness (QED) is 0.770. The molecule has 4 nitrogen and oxygen atoms in total. The minimum absolute atomic E-state index is 0.116. The molecule has 0 saturated carbocycles. The van der Waals surface area contributed by atoms with Gasteiger partial charge in [-0.25, -0.2) is 9.97 Å². The number of rotatable bonds is 5. The lowest BCUT2D eigenvalue weighted by atomic mass is 10.1. The fourth-order valence-electron chi connectivity index (χ4n) is 1.02. The van der Waals surface area contributed by atoms with Gasteiger partial charge in [-0.3, -0.25) is 9.18 Å². The number of carbonyl (C=O) groups excluding carboxylic acids is 1. The summed E-state index contributed by atoms with van der Waals surface area (Å²) < 4.78 is 12.1. The Kier molecular flexibility index (Phi) is 3.97. The van der Waals surface area contributed by atoms with E-state index in [0.717, 1.165) is 0 Å². The standard InChI is InChI=1S/C9H12FN3O/c1-7(14)8(3-4-10)13-9-11-5-2-6-12-9/h2,5-6,8H,3-4H2,1H3,(H,11,12,13). The Bertz CT molecular complexity index is 291. The highest BCUT2D eigenvalue weighted by Crippen LogP contribution is 2.03. The molecule has 5 heteroatoms. The molecule has 1 unspecified atom stereocenters. The van der Waals surface area contributed by atoms with Crippen LogP contribution in [0.5, 0.6) is 0 Å². The van der Waals surface area contributed by atoms with Gasteiger partial charge in [0.1, 0.15) is 0 Å². The average Bonchev–Trinajstić information content (AvgIpc) is 2.18. The predicted molar refractivity (Wildman–Crippen MR) is 50.7 cm³/mol. The van der Waals surface area contributed by atoms with Crippen LogP contribution in [0.2, 0.25) is 0 Å². The number of anilines is 1. The number of Topliss-reactive ketones (excluding diaryl/α,β-unsaturated/α-hetero) is 1. The zero-order valence-electron chi connectivity index (χ0n) is 7.90. The summed E-state index contributed by atoms with van der Waals surface area (Å²) in [7, 11) is 0. The van der Waals surface area contributed by atoms with E-state index < -0.39 is 12.7 Å². The summed E-state index contributed by atoms with van der Waals surface area (Å²) in [6, 6.07) is 1.13. The Balaban J connectivity index is 2.60. The summed E-state index contributed by atoms with van der Waals surface area (Å²) in [5.41, 5.74) is 0. The maximum absolute atomic E-state index is 12.1. The van der Waals surface area contributed by atoms with Gasteiger partial charge in [0.25, 0.3) is 0 Å². The van der Waals surface area contributed by atoms with Crippen LogP contribution in [0.15, 0.2) is 18.5 Å². The highest BCUT2D eigenvalue weighted by molar-refractivity contribution is 5.83. The minimum Gasteiger partial charge on any atom is -0.344 e. The average molecular weight is 197 g/mol. The smallest absolute Gasteiger partial charge is 0.223 e. The maximum Gasteiger partial charge on any atom is 0.223 e. The van der Waals surface area contributed by atoms with E-state index in [-0.39, 0.29) is 12.2 Å². The van der Waals surface area contributed by atoms with Crippen molar-refractivity contribution in [2.45, 2.75) is 19.4 Å². The largest absolute Gasteiger partial charge is 0.344 e. The molecule has 0 fully saturated rings. The molecule has 0 aromatic carbocycles. The van der Waals surface area contributed by atoms with Gasteiger partial charge >= 0.3 is 0 Å². The first-order valence-corrected chi connectivity index (χ1v) is 4.34. The number of alkyl halides is 1. The molecule has 0 aliphatic carbocycles. The summed E-state index contributed by atoms with van der Waals surface area (Å²) in [5.74, 6) is 0.233. The second kappa shape index (κ2) is 5.26. The number of nitrogens with zero attached hydrogens (tertiary/aromatic N) is 2. The van der Waals surface area contributed by atoms with E-state index in [4.69, 9.17) is 0 Å². The summed E-state index contributed by atoms with van der Waals surface area (Å²) >= 11 is 0. The van der Waals surface area contributed by atoms with E-state index in [1.165, 1.54) is 6.92 Å². The Morgan fingerprint density at radius 3 is 2.71 bits per heavy atom. The van der Waals surface area contributed by atoms with Crippen LogP contribution in [0.3, 0.4) is 0 Å². The molecule has 1 atom stereocenters. The first-order valence-electron chi connectivity index (χ1n) is 4.34. The molecule has 0 spiro atoms. The number of halogens is 1. The molecule has 0 amide bonds. The van der Waals surface area contributed by atoms with Crippen molar-refractivity contribution < 1.29 is 9.18 Å². The fraction of sp³-hybridized carbons (Fsp3) is 0.444. The molecular weight excluding hydrogens is 185 g/mol. The number of carbonyl (C=O) groups is 1. The zero-order chi connectivity index (χ0) is 10.4. The second-order valence-corrected chi connectivity index (χ2v) is 2.86. The molecule has 1 rings (SSSR count). The van der Waals surface area contributed by atoms with Crippen molar-refractivity contribution in [1.29, 1.82) is 0 Å². The van der Waals surface area contributed by atoms with E-state index in [9.17, 15) is 9.18 Å². The van der Waals surface area contributed by atoms with Crippen molar-refractivity contribution in [3.05, 3.63) is 18.5 Å². The van der Waals surface area contributed by atoms with Gasteiger partial charge in [0.05, 0.1) is 12.7 Å². The Morgan fingerprint density at radius 2 is 2.21 bits per heavy atom. The molecule has 1 heterocycles. The van der Waals surface area contributed by atoms with Gasteiger partial charge in [0.2, 0.25) is 5.95 Å². The highest BCUT2D eigenvalue weighted by Gasteiger charge is 2.14. The van der Waals surface area contributed by atoms with Crippen molar-refractivity contribution in [2.75, 3.05) is 12.0 Å². The van der Waals surface area contributed by atoms with E-state index >= 15 is 0 Å². The van der Waals surface area contributed by atoms with Crippen molar-refractivity contribution in [1.82, 2.24) is 9.97 Å². The molecule has 14 heavy (non-hydrogen) atoms. The number of ketones is 1. The van der Waals surface area contributed by atoms with E-state index in [1.54, 1.807) is 18.5 Å². The van der Waals surface area contributed by atoms with Gasteiger partial charge < -0.3 is 5.32 Å². The Hall–Kier alpha value is -1.52. The molecular formula is C9H12FN3O. The first-order chi connectivity index (χ1) is 6.74. The van der Waals surface area contributed by atoms with Crippen LogP contribution in [0.25, 0.3) is 0 Å². The van der Waals surface area contributed by atoms with Crippen LogP contribution in [-0.4, -0.2) is 28.5 Å². The van der Waals surface area contributed by atoms with Gasteiger partial charge in [-0.15, -0.1) is 0 Å². The number of hydrogen-bond donors (Lipinski definition) is 1. The third-order valence-corrected chi connectivity index (χ3v) is 1.76. The molecule has 1 aromatic heterocycles. The molecule has 0 saturated heterocycles. The van der Waals surface area contributed by atoms with Crippen LogP contribution in [0, 0.1) is 0 Å². The van der Waals surface area contributed by atoms with Gasteiger partial charge in [-0.1, -0.05) is 0 Å². The van der Waals surface area contributed by atoms with Gasteiger partial charge in [-0.05, 0) is 13.0 Å². The zero-order valence-corrected chi connectivity index (χ0v) is 7.90. The fourth-order valence-corrected chi connectivity index (χ4v) is 1.02. The molecule has 1 aromatic rings. The monoisotopic (exact) mass is 197 g/mol. The molecule has 1 N–H and O–H groups in total. The number of nitrogens with one attached hydrogen (secondary N) is 1. The molecule has 76 valence electrons. The SMILES string of the molecule is CC(=O)C(CCF)Nc1ncccn1. The van der Waals surface area contributed by atoms with Crippen LogP contribution in [0.1, 0.15) is 13.3 Å². The lowest BCUT2D eigenvalue weighted by molar-refractivity contribution is -0.117. The highest BCUT2D eigenvalue weighted by atomic mass is 19.1. The lowest BCUT2D eigenvalue weighted by Gasteiger charge is -2.13. The van der Waals surface area contributed by atoms with E-state index in [0.29, 0.717) is 5.95 Å². The second-order valence-electron chi connectivity index (χ2n) is 2.86. The third kappa shape index (κ3) is 3.08. The Morgan fingerprint density at radius 1 is 1.57 bits per heavy atom. The van der Waals surface area contributed by atoms with Crippen LogP contribution < -0.4 is 5.32 Å². The maximum atomic E-state index is 12.1. The summed E-state index contributed by atoms with van der Waals surface area (Å²) in [6.07, 6.45) is 3.26. The van der Waals surface area contributed by atoms with Crippen LogP contribution in [-0.2, 0) is 4.79 Å². The topological polar surface area (TPSA) is 54.9 Å². The lowest BCUT2D eigenvalue weighted by Crippen LogP contribution is -2.28. The van der Waals surface area contributed by atoms with Gasteiger partial charge in [0, 0.05) is 18.8 Å². The normalized spacial score (nSPS) is 12.1. The molecule has 0 aliphatic heterocycles. The summed E-state index contributed by atoms with van der Waals surface area (Å²) in [6.45, 7) is 0.875. The molecule has 0 aliphatic rings. The summed E-state index contributed by atoms with van der Waals surface area (Å²) in [4.78, 5) is 18.8. The van der Waals surface area contributed by atoms with Crippen molar-refractivity contribution in [3.63, 3.8) is 0 Å². The van der Waals surface area contributed by atoms with Crippen molar-refractivity contribution >= 4 is 11.7 Å². The number of aromatic nitrogens is 2. The van der Waals surface area contributed by atoms with Crippen molar-refractivity contribution in [2.24, 2.45) is 0 Å². The minimum atomic E-state index is -0.539. The van der Waals surface area contributed by atoms with Crippen LogP contribution in [0.4, 0.5) is 10.3 Å². The van der Waals surface area contributed by atoms with Gasteiger partial charge in [0.15, 0.2) is 5.78 Å². The number of hydrogen-bond acceptors (Lipinski definition) is 4. The van der Waals surface area contributed by atoms with Crippen LogP contribution >= 0.6 is 0 Å².